The van der Waals surface area contributed by atoms with Gasteiger partial charge in [-0.2, -0.15) is 0 Å². The van der Waals surface area contributed by atoms with Crippen LogP contribution in [0.3, 0.4) is 0 Å². The molecule has 2 aromatic carbocycles. The molecule has 15 heteroatoms. The van der Waals surface area contributed by atoms with Crippen molar-refractivity contribution in [2.75, 3.05) is 13.2 Å². The Balaban J connectivity index is 1.78. The van der Waals surface area contributed by atoms with Gasteiger partial charge in [-0.1, -0.05) is 42.5 Å². The minimum absolute atomic E-state index is 0.00829. The lowest BCUT2D eigenvalue weighted by Crippen LogP contribution is -2.58. The molecule has 0 fully saturated rings. The van der Waals surface area contributed by atoms with Crippen molar-refractivity contribution in [2.24, 2.45) is 0 Å². The van der Waals surface area contributed by atoms with Crippen LogP contribution in [0.25, 0.3) is 0 Å². The van der Waals surface area contributed by atoms with Crippen molar-refractivity contribution in [3.63, 3.8) is 0 Å². The second kappa shape index (κ2) is 17.1. The highest BCUT2D eigenvalue weighted by Crippen LogP contribution is 2.12. The van der Waals surface area contributed by atoms with Crippen LogP contribution in [0.15, 0.2) is 73.3 Å². The van der Waals surface area contributed by atoms with E-state index in [0.717, 1.165) is 0 Å². The van der Waals surface area contributed by atoms with Crippen LogP contribution >= 0.6 is 0 Å². The van der Waals surface area contributed by atoms with Crippen LogP contribution in [0.4, 0.5) is 0 Å². The largest absolute Gasteiger partial charge is 0.508 e. The Labute approximate surface area is 264 Å². The van der Waals surface area contributed by atoms with Gasteiger partial charge in [-0.3, -0.25) is 33.3 Å². The smallest absolute Gasteiger partial charge is 0.251 e. The first kappa shape index (κ1) is 34.9. The summed E-state index contributed by atoms with van der Waals surface area (Å²) in [5.74, 6) is -3.95. The number of aliphatic hydroxyl groups is 1. The predicted molar refractivity (Wildman–Crippen MR) is 164 cm³/mol. The number of amides is 5. The zero-order valence-corrected chi connectivity index (χ0v) is 25.3. The molecule has 7 N–H and O–H groups in total. The van der Waals surface area contributed by atoms with Gasteiger partial charge in [0.15, 0.2) is 0 Å². The van der Waals surface area contributed by atoms with Crippen molar-refractivity contribution >= 4 is 35.4 Å². The van der Waals surface area contributed by atoms with E-state index in [-0.39, 0.29) is 25.1 Å². The normalized spacial score (nSPS) is 13.3. The van der Waals surface area contributed by atoms with E-state index in [1.807, 2.05) is 0 Å². The quantitative estimate of drug-likeness (QED) is 0.106. The molecule has 3 aromatic rings. The molecular weight excluding hydrogens is 598 g/mol. The second-order valence-electron chi connectivity index (χ2n) is 10.4. The maximum atomic E-state index is 13.7. The monoisotopic (exact) mass is 635 g/mol. The molecule has 46 heavy (non-hydrogen) atoms. The molecule has 1 aromatic heterocycles. The molecule has 0 aliphatic rings. The lowest BCUT2D eigenvalue weighted by Gasteiger charge is -2.25. The highest BCUT2D eigenvalue weighted by Gasteiger charge is 2.30. The lowest BCUT2D eigenvalue weighted by molar-refractivity contribution is -0.134. The zero-order chi connectivity index (χ0) is 33.6. The Kier molecular flexibility index (Phi) is 12.9. The molecule has 0 unspecified atom stereocenters. The summed E-state index contributed by atoms with van der Waals surface area (Å²) in [6.45, 7) is 1.46. The summed E-state index contributed by atoms with van der Waals surface area (Å²) in [6.07, 6.45) is 4.13. The summed E-state index contributed by atoms with van der Waals surface area (Å²) in [5.41, 5.74) is 1.29. The Hall–Kier alpha value is -5.57. The van der Waals surface area contributed by atoms with Gasteiger partial charge in [0.2, 0.25) is 29.5 Å². The molecule has 4 atom stereocenters. The zero-order valence-electron chi connectivity index (χ0n) is 25.3. The molecule has 0 aliphatic heterocycles. The number of aromatic hydroxyl groups is 1. The number of benzene rings is 2. The fourth-order valence-electron chi connectivity index (χ4n) is 4.31. The van der Waals surface area contributed by atoms with Crippen LogP contribution in [0.5, 0.6) is 5.75 Å². The van der Waals surface area contributed by atoms with Gasteiger partial charge in [-0.15, -0.1) is 0 Å². The van der Waals surface area contributed by atoms with E-state index < -0.39 is 66.2 Å². The number of carbonyl (C=O) groups excluding carboxylic acids is 6. The average Bonchev–Trinajstić information content (AvgIpc) is 3.58. The topological polar surface area (TPSA) is 221 Å². The van der Waals surface area contributed by atoms with Gasteiger partial charge in [0.25, 0.3) is 5.91 Å². The number of phenolic OH excluding ortho intramolecular Hbond substituents is 1. The minimum atomic E-state index is -1.28. The predicted octanol–water partition coefficient (Wildman–Crippen LogP) is -1.20. The van der Waals surface area contributed by atoms with E-state index in [2.05, 4.69) is 31.6 Å². The van der Waals surface area contributed by atoms with Crippen LogP contribution in [0.1, 0.15) is 29.8 Å². The van der Waals surface area contributed by atoms with E-state index in [4.69, 9.17) is 0 Å². The van der Waals surface area contributed by atoms with Gasteiger partial charge in [0.1, 0.15) is 36.2 Å². The molecule has 0 spiro atoms. The highest BCUT2D eigenvalue weighted by atomic mass is 16.3. The van der Waals surface area contributed by atoms with Gasteiger partial charge in [0.05, 0.1) is 13.2 Å². The third kappa shape index (κ3) is 10.9. The van der Waals surface area contributed by atoms with Gasteiger partial charge in [-0.05, 0) is 30.2 Å². The summed E-state index contributed by atoms with van der Waals surface area (Å²) in [5, 5.41) is 31.6. The number of aliphatic hydroxyl groups excluding tert-OH is 1. The molecule has 1 heterocycles. The summed E-state index contributed by atoms with van der Waals surface area (Å²) in [6, 6.07) is 9.94. The van der Waals surface area contributed by atoms with E-state index >= 15 is 0 Å². The average molecular weight is 636 g/mol. The number of aromatic nitrogens is 2. The van der Waals surface area contributed by atoms with Crippen LogP contribution in [-0.2, 0) is 36.8 Å². The van der Waals surface area contributed by atoms with Crippen molar-refractivity contribution in [3.05, 3.63) is 84.4 Å². The molecular formula is C31H37N7O8. The van der Waals surface area contributed by atoms with Gasteiger partial charge in [-0.25, -0.2) is 4.98 Å². The van der Waals surface area contributed by atoms with Crippen molar-refractivity contribution in [3.8, 4) is 5.75 Å². The van der Waals surface area contributed by atoms with E-state index in [0.29, 0.717) is 11.1 Å². The van der Waals surface area contributed by atoms with Crippen LogP contribution in [0.2, 0.25) is 0 Å². The fourth-order valence-corrected chi connectivity index (χ4v) is 4.31. The summed E-state index contributed by atoms with van der Waals surface area (Å²) < 4.78 is 1.19. The van der Waals surface area contributed by atoms with E-state index in [9.17, 15) is 39.0 Å². The van der Waals surface area contributed by atoms with Gasteiger partial charge >= 0.3 is 0 Å². The number of rotatable bonds is 15. The molecule has 3 rings (SSSR count). The fraction of sp³-hybridized carbons (Fsp3) is 0.323. The number of nitrogens with zero attached hydrogens (tertiary/aromatic N) is 2. The maximum absolute atomic E-state index is 13.7. The third-order valence-corrected chi connectivity index (χ3v) is 6.76. The van der Waals surface area contributed by atoms with Gasteiger partial charge in [0, 0.05) is 32.2 Å². The SMILES string of the molecule is CC(=O)N[C@@H](CO)C(=O)N[C@@H](C)C(=O)N[C@@H](Cc1ccccc1)C(=O)N[C@@H](Cc1ccc(O)cc1)C(=O)NCC(=O)n1ccnc1. The number of hydrogen-bond acceptors (Lipinski definition) is 9. The molecule has 0 radical (unpaired) electrons. The third-order valence-electron chi connectivity index (χ3n) is 6.76. The number of phenols is 1. The Morgan fingerprint density at radius 1 is 0.761 bits per heavy atom. The number of nitrogens with one attached hydrogen (secondary N) is 5. The van der Waals surface area contributed by atoms with E-state index in [1.165, 1.54) is 49.3 Å². The molecule has 5 amide bonds. The molecule has 0 aliphatic carbocycles. The van der Waals surface area contributed by atoms with Crippen molar-refractivity contribution < 1.29 is 39.0 Å². The number of imidazole rings is 1. The second-order valence-corrected chi connectivity index (χ2v) is 10.4. The van der Waals surface area contributed by atoms with Crippen molar-refractivity contribution in [1.29, 1.82) is 0 Å². The lowest BCUT2D eigenvalue weighted by atomic mass is 10.0. The standard InChI is InChI=1S/C31H37N7O8/c1-19(34-31(46)26(17-39)35-20(2)40)28(43)36-25(14-21-6-4-3-5-7-21)30(45)37-24(15-22-8-10-23(41)11-9-22)29(44)33-16-27(42)38-13-12-32-18-38/h3-13,18-19,24-26,39,41H,14-17H2,1-2H3,(H,33,44)(H,34,46)(H,35,40)(H,36,43)(H,37,45)/t19-,24-,25-,26-/m0/s1. The number of hydrogen-bond donors (Lipinski definition) is 7. The maximum Gasteiger partial charge on any atom is 0.251 e. The minimum Gasteiger partial charge on any atom is -0.508 e. The van der Waals surface area contributed by atoms with Crippen molar-refractivity contribution in [1.82, 2.24) is 36.1 Å². The first-order valence-electron chi connectivity index (χ1n) is 14.4. The summed E-state index contributed by atoms with van der Waals surface area (Å²) in [7, 11) is 0. The van der Waals surface area contributed by atoms with Crippen molar-refractivity contribution in [2.45, 2.75) is 50.9 Å². The molecule has 15 nitrogen and oxygen atoms in total. The molecule has 0 bridgehead atoms. The molecule has 0 saturated heterocycles. The van der Waals surface area contributed by atoms with Crippen LogP contribution in [-0.4, -0.2) is 92.5 Å². The molecule has 244 valence electrons. The highest BCUT2D eigenvalue weighted by molar-refractivity contribution is 5.96. The first-order valence-corrected chi connectivity index (χ1v) is 14.4. The number of carbonyl (C=O) groups is 6. The molecule has 0 saturated carbocycles. The van der Waals surface area contributed by atoms with Gasteiger partial charge < -0.3 is 36.8 Å². The first-order chi connectivity index (χ1) is 22.0. The Morgan fingerprint density at radius 2 is 1.35 bits per heavy atom. The Morgan fingerprint density at radius 3 is 1.93 bits per heavy atom. The van der Waals surface area contributed by atoms with E-state index in [1.54, 1.807) is 42.5 Å². The summed E-state index contributed by atoms with van der Waals surface area (Å²) in [4.78, 5) is 80.2. The summed E-state index contributed by atoms with van der Waals surface area (Å²) >= 11 is 0. The van der Waals surface area contributed by atoms with Crippen LogP contribution < -0.4 is 26.6 Å². The van der Waals surface area contributed by atoms with Crippen LogP contribution in [0, 0.1) is 0 Å². The Bertz CT molecular complexity index is 1500.